The summed E-state index contributed by atoms with van der Waals surface area (Å²) in [5, 5.41) is 8.19. The fourth-order valence-corrected chi connectivity index (χ4v) is 2.90. The molecule has 0 bridgehead atoms. The number of hydrogen-bond acceptors (Lipinski definition) is 5. The number of carbonyl (C=O) groups excluding carboxylic acids is 1. The van der Waals surface area contributed by atoms with Gasteiger partial charge in [0.2, 0.25) is 11.8 Å². The lowest BCUT2D eigenvalue weighted by Gasteiger charge is -2.18. The van der Waals surface area contributed by atoms with Crippen molar-refractivity contribution in [1.82, 2.24) is 15.1 Å². The second-order valence-electron chi connectivity index (χ2n) is 8.61. The third-order valence-corrected chi connectivity index (χ3v) is 5.10. The Labute approximate surface area is 177 Å². The first-order valence-electron chi connectivity index (χ1n) is 10.0. The molecule has 0 saturated carbocycles. The Balaban J connectivity index is 1.58. The third kappa shape index (κ3) is 5.26. The van der Waals surface area contributed by atoms with E-state index in [4.69, 9.17) is 9.15 Å². The number of benzene rings is 2. The molecule has 0 spiro atoms. The highest BCUT2D eigenvalue weighted by Gasteiger charge is 2.17. The third-order valence-electron chi connectivity index (χ3n) is 5.10. The first-order chi connectivity index (χ1) is 14.1. The molecule has 0 radical (unpaired) electrons. The van der Waals surface area contributed by atoms with E-state index in [9.17, 15) is 4.79 Å². The fourth-order valence-electron chi connectivity index (χ4n) is 2.90. The number of aryl methyl sites for hydroxylation is 2. The lowest BCUT2D eigenvalue weighted by molar-refractivity contribution is -0.132. The maximum atomic E-state index is 12.4. The molecule has 1 heterocycles. The van der Waals surface area contributed by atoms with Gasteiger partial charge in [-0.15, -0.1) is 10.2 Å². The van der Waals surface area contributed by atoms with Gasteiger partial charge in [0, 0.05) is 12.6 Å². The molecule has 1 amide bonds. The molecule has 0 N–H and O–H groups in total. The summed E-state index contributed by atoms with van der Waals surface area (Å²) < 4.78 is 11.4. The normalized spacial score (nSPS) is 11.4. The summed E-state index contributed by atoms with van der Waals surface area (Å²) in [6.07, 6.45) is 0. The summed E-state index contributed by atoms with van der Waals surface area (Å²) in [4.78, 5) is 13.9. The summed E-state index contributed by atoms with van der Waals surface area (Å²) >= 11 is 0. The molecule has 1 aromatic heterocycles. The van der Waals surface area contributed by atoms with Crippen LogP contribution in [0.1, 0.15) is 43.4 Å². The van der Waals surface area contributed by atoms with E-state index in [1.807, 2.05) is 44.2 Å². The lowest BCUT2D eigenvalue weighted by Crippen LogP contribution is -2.31. The van der Waals surface area contributed by atoms with Gasteiger partial charge in [0.1, 0.15) is 5.75 Å². The molecule has 6 nitrogen and oxygen atoms in total. The van der Waals surface area contributed by atoms with Gasteiger partial charge in [0.05, 0.1) is 6.54 Å². The number of aromatic nitrogens is 2. The van der Waals surface area contributed by atoms with Crippen LogP contribution in [-0.2, 0) is 16.8 Å². The lowest BCUT2D eigenvalue weighted by atomic mass is 9.87. The highest BCUT2D eigenvalue weighted by Crippen LogP contribution is 2.25. The van der Waals surface area contributed by atoms with Crippen LogP contribution in [0.4, 0.5) is 0 Å². The highest BCUT2D eigenvalue weighted by atomic mass is 16.5. The van der Waals surface area contributed by atoms with Gasteiger partial charge >= 0.3 is 0 Å². The molecule has 0 saturated heterocycles. The van der Waals surface area contributed by atoms with Gasteiger partial charge in [-0.1, -0.05) is 39.0 Å². The van der Waals surface area contributed by atoms with Crippen molar-refractivity contribution in [3.8, 4) is 17.2 Å². The molecule has 3 aromatic rings. The SMILES string of the molecule is Cc1ccc(OCC(=O)N(C)Cc2nnc(-c3ccc(C(C)(C)C)cc3)o2)cc1C. The zero-order chi connectivity index (χ0) is 21.9. The summed E-state index contributed by atoms with van der Waals surface area (Å²) in [5.74, 6) is 1.34. The van der Waals surface area contributed by atoms with Crippen LogP contribution in [0.3, 0.4) is 0 Å². The number of rotatable bonds is 6. The second kappa shape index (κ2) is 8.69. The number of carbonyl (C=O) groups is 1. The monoisotopic (exact) mass is 407 g/mol. The Bertz CT molecular complexity index is 1020. The van der Waals surface area contributed by atoms with E-state index in [1.54, 1.807) is 7.05 Å². The van der Waals surface area contributed by atoms with Crippen LogP contribution >= 0.6 is 0 Å². The smallest absolute Gasteiger partial charge is 0.260 e. The van der Waals surface area contributed by atoms with Crippen LogP contribution in [0, 0.1) is 13.8 Å². The Hall–Kier alpha value is -3.15. The zero-order valence-electron chi connectivity index (χ0n) is 18.5. The number of nitrogens with zero attached hydrogens (tertiary/aromatic N) is 3. The van der Waals surface area contributed by atoms with Crippen LogP contribution in [0.5, 0.6) is 5.75 Å². The molecular formula is C24H29N3O3. The topological polar surface area (TPSA) is 68.5 Å². The van der Waals surface area contributed by atoms with E-state index in [2.05, 4.69) is 43.1 Å². The molecule has 0 unspecified atom stereocenters. The summed E-state index contributed by atoms with van der Waals surface area (Å²) in [5.41, 5.74) is 4.49. The van der Waals surface area contributed by atoms with Crippen molar-refractivity contribution in [2.45, 2.75) is 46.6 Å². The maximum absolute atomic E-state index is 12.4. The quantitative estimate of drug-likeness (QED) is 0.593. The number of hydrogen-bond donors (Lipinski definition) is 0. The van der Waals surface area contributed by atoms with Crippen molar-refractivity contribution >= 4 is 5.91 Å². The molecule has 0 aliphatic heterocycles. The van der Waals surface area contributed by atoms with Gasteiger partial charge in [-0.25, -0.2) is 0 Å². The Kier molecular flexibility index (Phi) is 6.25. The molecule has 2 aromatic carbocycles. The van der Waals surface area contributed by atoms with Gasteiger partial charge in [-0.2, -0.15) is 0 Å². The minimum atomic E-state index is -0.164. The Morgan fingerprint density at radius 3 is 2.37 bits per heavy atom. The molecule has 6 heteroatoms. The second-order valence-corrected chi connectivity index (χ2v) is 8.61. The van der Waals surface area contributed by atoms with Gasteiger partial charge in [-0.05, 0) is 60.2 Å². The van der Waals surface area contributed by atoms with E-state index in [1.165, 1.54) is 16.0 Å². The molecular weight excluding hydrogens is 378 g/mol. The number of amides is 1. The van der Waals surface area contributed by atoms with Crippen molar-refractivity contribution < 1.29 is 13.9 Å². The fraction of sp³-hybridized carbons (Fsp3) is 0.375. The van der Waals surface area contributed by atoms with Crippen LogP contribution in [0.25, 0.3) is 11.5 Å². The first-order valence-corrected chi connectivity index (χ1v) is 10.0. The molecule has 3 rings (SSSR count). The largest absolute Gasteiger partial charge is 0.484 e. The predicted molar refractivity (Wildman–Crippen MR) is 116 cm³/mol. The molecule has 0 fully saturated rings. The highest BCUT2D eigenvalue weighted by molar-refractivity contribution is 5.77. The minimum absolute atomic E-state index is 0.0474. The number of likely N-dealkylation sites (N-methyl/N-ethyl adjacent to an activating group) is 1. The Morgan fingerprint density at radius 1 is 1.03 bits per heavy atom. The first kappa shape index (κ1) is 21.6. The standard InChI is InChI=1S/C24H29N3O3/c1-16-7-12-20(13-17(16)2)29-15-22(28)27(6)14-21-25-26-23(30-21)18-8-10-19(11-9-18)24(3,4)5/h7-13H,14-15H2,1-6H3. The molecule has 0 aliphatic rings. The van der Waals surface area contributed by atoms with Gasteiger partial charge < -0.3 is 14.1 Å². The van der Waals surface area contributed by atoms with Gasteiger partial charge in [0.25, 0.3) is 5.91 Å². The van der Waals surface area contributed by atoms with E-state index in [0.29, 0.717) is 17.5 Å². The number of ether oxygens (including phenoxy) is 1. The summed E-state index contributed by atoms with van der Waals surface area (Å²) in [7, 11) is 1.69. The van der Waals surface area contributed by atoms with Crippen LogP contribution in [0.2, 0.25) is 0 Å². The van der Waals surface area contributed by atoms with Crippen LogP contribution < -0.4 is 4.74 Å². The summed E-state index contributed by atoms with van der Waals surface area (Å²) in [6.45, 7) is 10.7. The van der Waals surface area contributed by atoms with Gasteiger partial charge in [-0.3, -0.25) is 4.79 Å². The predicted octanol–water partition coefficient (Wildman–Crippen LogP) is 4.69. The van der Waals surface area contributed by atoms with Crippen molar-refractivity contribution in [2.75, 3.05) is 13.7 Å². The molecule has 30 heavy (non-hydrogen) atoms. The van der Waals surface area contributed by atoms with Crippen molar-refractivity contribution in [3.05, 3.63) is 65.0 Å². The van der Waals surface area contributed by atoms with Gasteiger partial charge in [0.15, 0.2) is 6.61 Å². The molecule has 0 atom stereocenters. The maximum Gasteiger partial charge on any atom is 0.260 e. The van der Waals surface area contributed by atoms with Crippen LogP contribution in [0.15, 0.2) is 46.9 Å². The minimum Gasteiger partial charge on any atom is -0.484 e. The average Bonchev–Trinajstić information content (AvgIpc) is 3.16. The molecule has 158 valence electrons. The van der Waals surface area contributed by atoms with Crippen LogP contribution in [-0.4, -0.2) is 34.7 Å². The average molecular weight is 408 g/mol. The van der Waals surface area contributed by atoms with E-state index in [-0.39, 0.29) is 24.5 Å². The van der Waals surface area contributed by atoms with Crippen molar-refractivity contribution in [1.29, 1.82) is 0 Å². The van der Waals surface area contributed by atoms with E-state index in [0.717, 1.165) is 11.1 Å². The van der Waals surface area contributed by atoms with E-state index >= 15 is 0 Å². The van der Waals surface area contributed by atoms with Crippen molar-refractivity contribution in [2.24, 2.45) is 0 Å². The van der Waals surface area contributed by atoms with Crippen molar-refractivity contribution in [3.63, 3.8) is 0 Å². The Morgan fingerprint density at radius 2 is 1.73 bits per heavy atom. The summed E-state index contributed by atoms with van der Waals surface area (Å²) in [6, 6.07) is 13.9. The zero-order valence-corrected chi connectivity index (χ0v) is 18.5. The molecule has 0 aliphatic carbocycles. The van der Waals surface area contributed by atoms with E-state index < -0.39 is 0 Å².